The van der Waals surface area contributed by atoms with Gasteiger partial charge in [0.25, 0.3) is 0 Å². The number of likely N-dealkylation sites (tertiary alicyclic amines) is 1. The van der Waals surface area contributed by atoms with Gasteiger partial charge in [-0.2, -0.15) is 0 Å². The number of piperidine rings is 1. The molecular formula is C21H25N5O3. The summed E-state index contributed by atoms with van der Waals surface area (Å²) in [6.45, 7) is 4.41. The quantitative estimate of drug-likeness (QED) is 0.775. The number of nitrogens with zero attached hydrogens (tertiary/aromatic N) is 5. The highest BCUT2D eigenvalue weighted by molar-refractivity contribution is 5.96. The number of ether oxygens (including phenoxy) is 1. The van der Waals surface area contributed by atoms with Gasteiger partial charge in [0.2, 0.25) is 5.91 Å². The number of anilines is 1. The van der Waals surface area contributed by atoms with Crippen LogP contribution in [-0.2, 0) is 4.79 Å². The van der Waals surface area contributed by atoms with Gasteiger partial charge in [0.15, 0.2) is 0 Å². The summed E-state index contributed by atoms with van der Waals surface area (Å²) in [5, 5.41) is 0. The summed E-state index contributed by atoms with van der Waals surface area (Å²) in [6, 6.07) is 9.80. The molecule has 1 atom stereocenters. The lowest BCUT2D eigenvalue weighted by atomic mass is 10.1. The Hall–Kier alpha value is -3.16. The van der Waals surface area contributed by atoms with Crippen LogP contribution in [0.4, 0.5) is 10.5 Å². The molecule has 2 aliphatic heterocycles. The molecule has 0 unspecified atom stereocenters. The molecule has 3 heterocycles. The highest BCUT2D eigenvalue weighted by atomic mass is 16.5. The number of rotatable bonds is 5. The van der Waals surface area contributed by atoms with Gasteiger partial charge in [0, 0.05) is 37.7 Å². The van der Waals surface area contributed by atoms with E-state index >= 15 is 0 Å². The predicted molar refractivity (Wildman–Crippen MR) is 108 cm³/mol. The van der Waals surface area contributed by atoms with Crippen LogP contribution in [0.2, 0.25) is 0 Å². The third-order valence-electron chi connectivity index (χ3n) is 5.31. The molecule has 152 valence electrons. The number of aromatic nitrogens is 2. The molecule has 0 saturated carbocycles. The van der Waals surface area contributed by atoms with Crippen LogP contribution in [-0.4, -0.2) is 70.5 Å². The van der Waals surface area contributed by atoms with E-state index in [1.165, 1.54) is 0 Å². The molecule has 1 aromatic heterocycles. The fourth-order valence-electron chi connectivity index (χ4n) is 3.71. The molecule has 2 fully saturated rings. The molecule has 1 aromatic carbocycles. The zero-order valence-electron chi connectivity index (χ0n) is 16.5. The van der Waals surface area contributed by atoms with Crippen molar-refractivity contribution in [3.63, 3.8) is 0 Å². The summed E-state index contributed by atoms with van der Waals surface area (Å²) >= 11 is 0. The third kappa shape index (κ3) is 4.47. The lowest BCUT2D eigenvalue weighted by Gasteiger charge is -2.33. The molecule has 2 aromatic rings. The fourth-order valence-corrected chi connectivity index (χ4v) is 3.71. The summed E-state index contributed by atoms with van der Waals surface area (Å²) in [5.74, 6) is -0.0496. The van der Waals surface area contributed by atoms with Gasteiger partial charge in [-0.3, -0.25) is 9.69 Å². The number of aryl methyl sites for hydroxylation is 1. The second-order valence-corrected chi connectivity index (χ2v) is 7.44. The van der Waals surface area contributed by atoms with Crippen molar-refractivity contribution in [3.05, 3.63) is 48.3 Å². The normalized spacial score (nSPS) is 19.6. The van der Waals surface area contributed by atoms with Crippen LogP contribution in [0.1, 0.15) is 18.4 Å². The first kappa shape index (κ1) is 19.2. The Labute approximate surface area is 170 Å². The van der Waals surface area contributed by atoms with Gasteiger partial charge in [0.1, 0.15) is 12.6 Å². The van der Waals surface area contributed by atoms with E-state index in [4.69, 9.17) is 4.74 Å². The van der Waals surface area contributed by atoms with Crippen LogP contribution in [0, 0.1) is 6.92 Å². The molecule has 0 spiro atoms. The van der Waals surface area contributed by atoms with E-state index in [1.807, 2.05) is 31.2 Å². The Morgan fingerprint density at radius 1 is 1.14 bits per heavy atom. The number of benzene rings is 1. The SMILES string of the molecule is Cc1ccc(N2CCN(CC(=O)N3CCC[C@@H](Oc4ncccn4)C3)C2=O)cc1. The summed E-state index contributed by atoms with van der Waals surface area (Å²) in [4.78, 5) is 38.9. The monoisotopic (exact) mass is 395 g/mol. The molecule has 0 N–H and O–H groups in total. The van der Waals surface area contributed by atoms with Crippen LogP contribution < -0.4 is 9.64 Å². The number of carbonyl (C=O) groups is 2. The fraction of sp³-hybridized carbons (Fsp3) is 0.429. The molecule has 3 amide bonds. The molecule has 8 heteroatoms. The summed E-state index contributed by atoms with van der Waals surface area (Å²) < 4.78 is 5.81. The van der Waals surface area contributed by atoms with E-state index in [0.717, 1.165) is 24.1 Å². The van der Waals surface area contributed by atoms with Crippen molar-refractivity contribution < 1.29 is 14.3 Å². The lowest BCUT2D eigenvalue weighted by Crippen LogP contribution is -2.48. The minimum atomic E-state index is -0.131. The van der Waals surface area contributed by atoms with Crippen molar-refractivity contribution in [2.75, 3.05) is 37.6 Å². The maximum absolute atomic E-state index is 12.8. The lowest BCUT2D eigenvalue weighted by molar-refractivity contribution is -0.134. The number of hydrogen-bond donors (Lipinski definition) is 0. The summed E-state index contributed by atoms with van der Waals surface area (Å²) in [6.07, 6.45) is 4.84. The van der Waals surface area contributed by atoms with Crippen LogP contribution in [0.5, 0.6) is 6.01 Å². The average Bonchev–Trinajstić information content (AvgIpc) is 3.10. The highest BCUT2D eigenvalue weighted by Crippen LogP contribution is 2.21. The van der Waals surface area contributed by atoms with Crippen LogP contribution in [0.25, 0.3) is 0 Å². The van der Waals surface area contributed by atoms with E-state index < -0.39 is 0 Å². The minimum Gasteiger partial charge on any atom is -0.458 e. The Morgan fingerprint density at radius 3 is 2.66 bits per heavy atom. The maximum atomic E-state index is 12.8. The number of hydrogen-bond acceptors (Lipinski definition) is 5. The number of urea groups is 1. The van der Waals surface area contributed by atoms with E-state index in [2.05, 4.69) is 9.97 Å². The summed E-state index contributed by atoms with van der Waals surface area (Å²) in [7, 11) is 0. The zero-order chi connectivity index (χ0) is 20.2. The Bertz CT molecular complexity index is 858. The average molecular weight is 395 g/mol. The molecule has 2 aliphatic rings. The Morgan fingerprint density at radius 2 is 1.90 bits per heavy atom. The van der Waals surface area contributed by atoms with Gasteiger partial charge in [0.05, 0.1) is 6.54 Å². The molecule has 2 saturated heterocycles. The first-order chi connectivity index (χ1) is 14.1. The van der Waals surface area contributed by atoms with Crippen molar-refractivity contribution in [1.29, 1.82) is 0 Å². The second-order valence-electron chi connectivity index (χ2n) is 7.44. The molecule has 0 radical (unpaired) electrons. The van der Waals surface area contributed by atoms with Gasteiger partial charge >= 0.3 is 12.0 Å². The highest BCUT2D eigenvalue weighted by Gasteiger charge is 2.33. The Balaban J connectivity index is 1.33. The topological polar surface area (TPSA) is 78.9 Å². The van der Waals surface area contributed by atoms with Gasteiger partial charge in [-0.1, -0.05) is 17.7 Å². The first-order valence-corrected chi connectivity index (χ1v) is 9.95. The third-order valence-corrected chi connectivity index (χ3v) is 5.31. The summed E-state index contributed by atoms with van der Waals surface area (Å²) in [5.41, 5.74) is 2.01. The van der Waals surface area contributed by atoms with Gasteiger partial charge < -0.3 is 14.5 Å². The van der Waals surface area contributed by atoms with E-state index in [1.54, 1.807) is 33.2 Å². The first-order valence-electron chi connectivity index (χ1n) is 9.95. The van der Waals surface area contributed by atoms with Crippen LogP contribution in [0.15, 0.2) is 42.7 Å². The van der Waals surface area contributed by atoms with Crippen molar-refractivity contribution in [3.8, 4) is 6.01 Å². The van der Waals surface area contributed by atoms with Crippen molar-refractivity contribution in [2.45, 2.75) is 25.9 Å². The van der Waals surface area contributed by atoms with Gasteiger partial charge in [-0.25, -0.2) is 14.8 Å². The second kappa shape index (κ2) is 8.46. The molecule has 29 heavy (non-hydrogen) atoms. The van der Waals surface area contributed by atoms with E-state index in [0.29, 0.717) is 32.2 Å². The van der Waals surface area contributed by atoms with Crippen molar-refractivity contribution >= 4 is 17.6 Å². The zero-order valence-corrected chi connectivity index (χ0v) is 16.5. The molecule has 8 nitrogen and oxygen atoms in total. The largest absolute Gasteiger partial charge is 0.458 e. The smallest absolute Gasteiger partial charge is 0.325 e. The maximum Gasteiger partial charge on any atom is 0.325 e. The Kier molecular flexibility index (Phi) is 5.59. The molecule has 0 aliphatic carbocycles. The number of carbonyl (C=O) groups excluding carboxylic acids is 2. The van der Waals surface area contributed by atoms with Crippen molar-refractivity contribution in [1.82, 2.24) is 19.8 Å². The number of amides is 3. The van der Waals surface area contributed by atoms with E-state index in [-0.39, 0.29) is 24.6 Å². The predicted octanol–water partition coefficient (Wildman–Crippen LogP) is 2.10. The van der Waals surface area contributed by atoms with E-state index in [9.17, 15) is 9.59 Å². The minimum absolute atomic E-state index is 0.0496. The molecule has 4 rings (SSSR count). The van der Waals surface area contributed by atoms with Crippen LogP contribution in [0.3, 0.4) is 0 Å². The van der Waals surface area contributed by atoms with Gasteiger partial charge in [-0.15, -0.1) is 0 Å². The molecular weight excluding hydrogens is 370 g/mol. The standard InChI is InChI=1S/C21H25N5O3/c1-16-5-7-17(8-6-16)26-13-12-25(21(26)28)15-19(27)24-11-2-4-18(14-24)29-20-22-9-3-10-23-20/h3,5-10,18H,2,4,11-15H2,1H3/t18-/m1/s1. The van der Waals surface area contributed by atoms with Crippen molar-refractivity contribution in [2.24, 2.45) is 0 Å². The molecule has 0 bridgehead atoms. The van der Waals surface area contributed by atoms with Gasteiger partial charge in [-0.05, 0) is 38.0 Å². The van der Waals surface area contributed by atoms with Crippen LogP contribution >= 0.6 is 0 Å².